The van der Waals surface area contributed by atoms with Gasteiger partial charge < -0.3 is 15.4 Å². The van der Waals surface area contributed by atoms with Crippen molar-refractivity contribution in [2.45, 2.75) is 24.2 Å². The van der Waals surface area contributed by atoms with Crippen LogP contribution >= 0.6 is 23.1 Å². The molecule has 0 aliphatic rings. The van der Waals surface area contributed by atoms with Gasteiger partial charge in [-0.1, -0.05) is 11.8 Å². The van der Waals surface area contributed by atoms with Crippen LogP contribution < -0.4 is 10.9 Å². The molecular formula is C11H13N3O3S2. The van der Waals surface area contributed by atoms with Gasteiger partial charge in [-0.15, -0.1) is 11.3 Å². The molecule has 0 aliphatic carbocycles. The molecule has 19 heavy (non-hydrogen) atoms. The van der Waals surface area contributed by atoms with Gasteiger partial charge in [-0.2, -0.15) is 0 Å². The van der Waals surface area contributed by atoms with E-state index in [4.69, 9.17) is 0 Å². The Bertz CT molecular complexity index is 663. The van der Waals surface area contributed by atoms with E-state index in [1.807, 2.05) is 13.8 Å². The summed E-state index contributed by atoms with van der Waals surface area (Å²) >= 11 is 2.52. The van der Waals surface area contributed by atoms with Crippen molar-refractivity contribution in [3.8, 4) is 5.75 Å². The van der Waals surface area contributed by atoms with E-state index in [-0.39, 0.29) is 23.5 Å². The summed E-state index contributed by atoms with van der Waals surface area (Å²) in [7, 11) is 0. The van der Waals surface area contributed by atoms with E-state index in [1.54, 1.807) is 0 Å². The fourth-order valence-electron chi connectivity index (χ4n) is 1.45. The van der Waals surface area contributed by atoms with Gasteiger partial charge in [0.15, 0.2) is 9.99 Å². The van der Waals surface area contributed by atoms with Crippen molar-refractivity contribution >= 4 is 39.4 Å². The molecule has 2 rings (SSSR count). The van der Waals surface area contributed by atoms with E-state index in [1.165, 1.54) is 23.1 Å². The van der Waals surface area contributed by atoms with Gasteiger partial charge in [0.25, 0.3) is 5.56 Å². The molecule has 0 saturated heterocycles. The van der Waals surface area contributed by atoms with Gasteiger partial charge in [0, 0.05) is 12.1 Å². The molecule has 0 aromatic carbocycles. The fraction of sp³-hybridized carbons (Fsp3) is 0.364. The lowest BCUT2D eigenvalue weighted by Crippen LogP contribution is -2.31. The zero-order valence-corrected chi connectivity index (χ0v) is 12.0. The predicted octanol–water partition coefficient (Wildman–Crippen LogP) is 1.31. The molecule has 2 aromatic rings. The van der Waals surface area contributed by atoms with E-state index in [0.29, 0.717) is 14.7 Å². The summed E-state index contributed by atoms with van der Waals surface area (Å²) in [5.74, 6) is 0.0925. The van der Waals surface area contributed by atoms with Crippen molar-refractivity contribution < 1.29 is 9.90 Å². The highest BCUT2D eigenvalue weighted by atomic mass is 32.2. The lowest BCUT2D eigenvalue weighted by Gasteiger charge is -2.06. The molecule has 0 atom stereocenters. The number of thioether (sulfide) groups is 1. The van der Waals surface area contributed by atoms with Gasteiger partial charge in [0.05, 0.1) is 5.75 Å². The van der Waals surface area contributed by atoms with E-state index < -0.39 is 5.56 Å². The normalized spacial score (nSPS) is 11.1. The van der Waals surface area contributed by atoms with Gasteiger partial charge in [0.1, 0.15) is 10.4 Å². The summed E-state index contributed by atoms with van der Waals surface area (Å²) in [4.78, 5) is 29.4. The number of thiazole rings is 1. The Morgan fingerprint density at radius 1 is 1.63 bits per heavy atom. The second kappa shape index (κ2) is 5.62. The van der Waals surface area contributed by atoms with Crippen molar-refractivity contribution in [2.75, 3.05) is 5.75 Å². The zero-order chi connectivity index (χ0) is 14.0. The summed E-state index contributed by atoms with van der Waals surface area (Å²) in [5, 5.41) is 12.4. The van der Waals surface area contributed by atoms with Crippen LogP contribution in [0.2, 0.25) is 0 Å². The minimum absolute atomic E-state index is 0.0722. The molecule has 0 spiro atoms. The molecule has 8 heteroatoms. The smallest absolute Gasteiger partial charge is 0.253 e. The van der Waals surface area contributed by atoms with Gasteiger partial charge in [-0.3, -0.25) is 9.59 Å². The lowest BCUT2D eigenvalue weighted by molar-refractivity contribution is -0.119. The van der Waals surface area contributed by atoms with Crippen LogP contribution in [-0.2, 0) is 4.79 Å². The Kier molecular flexibility index (Phi) is 4.11. The molecule has 102 valence electrons. The summed E-state index contributed by atoms with van der Waals surface area (Å²) in [6, 6.07) is 1.21. The molecule has 6 nitrogen and oxygen atoms in total. The number of pyridine rings is 1. The molecule has 0 bridgehead atoms. The number of hydrogen-bond acceptors (Lipinski definition) is 6. The second-order valence-electron chi connectivity index (χ2n) is 4.19. The number of nitrogens with zero attached hydrogens (tertiary/aromatic N) is 1. The second-order valence-corrected chi connectivity index (χ2v) is 6.41. The highest BCUT2D eigenvalue weighted by Crippen LogP contribution is 2.32. The summed E-state index contributed by atoms with van der Waals surface area (Å²) in [6.45, 7) is 3.78. The monoisotopic (exact) mass is 299 g/mol. The Balaban J connectivity index is 2.12. The third-order valence-electron chi connectivity index (χ3n) is 2.13. The molecule has 0 saturated carbocycles. The first kappa shape index (κ1) is 13.9. The van der Waals surface area contributed by atoms with E-state index in [2.05, 4.69) is 15.3 Å². The maximum absolute atomic E-state index is 11.5. The molecule has 2 heterocycles. The maximum atomic E-state index is 11.5. The first-order chi connectivity index (χ1) is 8.95. The average molecular weight is 299 g/mol. The fourth-order valence-corrected chi connectivity index (χ4v) is 3.28. The van der Waals surface area contributed by atoms with Gasteiger partial charge >= 0.3 is 0 Å². The number of aromatic hydroxyl groups is 1. The van der Waals surface area contributed by atoms with Crippen molar-refractivity contribution in [2.24, 2.45) is 0 Å². The molecule has 0 radical (unpaired) electrons. The van der Waals surface area contributed by atoms with Crippen molar-refractivity contribution in [1.82, 2.24) is 15.3 Å². The van der Waals surface area contributed by atoms with Crippen molar-refractivity contribution in [3.63, 3.8) is 0 Å². The zero-order valence-electron chi connectivity index (χ0n) is 10.4. The van der Waals surface area contributed by atoms with Crippen LogP contribution in [0.25, 0.3) is 10.3 Å². The third-order valence-corrected chi connectivity index (χ3v) is 4.35. The average Bonchev–Trinajstić information content (AvgIpc) is 2.68. The highest BCUT2D eigenvalue weighted by molar-refractivity contribution is 8.01. The summed E-state index contributed by atoms with van der Waals surface area (Å²) in [6.07, 6.45) is 0. The van der Waals surface area contributed by atoms with Crippen LogP contribution in [0.3, 0.4) is 0 Å². The number of aromatic nitrogens is 2. The Morgan fingerprint density at radius 3 is 3.05 bits per heavy atom. The summed E-state index contributed by atoms with van der Waals surface area (Å²) in [5.41, 5.74) is -0.0498. The quantitative estimate of drug-likeness (QED) is 0.740. The van der Waals surface area contributed by atoms with Crippen LogP contribution in [-0.4, -0.2) is 32.8 Å². The van der Waals surface area contributed by atoms with E-state index in [9.17, 15) is 14.7 Å². The van der Waals surface area contributed by atoms with Gasteiger partial charge in [0.2, 0.25) is 5.91 Å². The SMILES string of the molecule is CC(C)NC(=O)CSc1nc2[nH]c(=O)cc(O)c2s1. The molecule has 0 unspecified atom stereocenters. The standard InChI is InChI=1S/C11H13N3O3S2/c1-5(2)12-8(17)4-18-11-14-10-9(19-11)6(15)3-7(16)13-10/h3,5H,4H2,1-2H3,(H,12,17)(H2,13,15,16). The maximum Gasteiger partial charge on any atom is 0.253 e. The molecule has 2 aromatic heterocycles. The predicted molar refractivity (Wildman–Crippen MR) is 75.9 cm³/mol. The lowest BCUT2D eigenvalue weighted by atomic mass is 10.4. The molecule has 3 N–H and O–H groups in total. The van der Waals surface area contributed by atoms with Crippen molar-refractivity contribution in [1.29, 1.82) is 0 Å². The van der Waals surface area contributed by atoms with Crippen LogP contribution in [0, 0.1) is 0 Å². The Morgan fingerprint density at radius 2 is 2.37 bits per heavy atom. The number of hydrogen-bond donors (Lipinski definition) is 3. The van der Waals surface area contributed by atoms with Crippen LogP contribution in [0.15, 0.2) is 15.2 Å². The Labute approximate surface area is 117 Å². The largest absolute Gasteiger partial charge is 0.506 e. The van der Waals surface area contributed by atoms with Crippen molar-refractivity contribution in [3.05, 3.63) is 16.4 Å². The molecule has 1 amide bonds. The number of nitrogens with one attached hydrogen (secondary N) is 2. The van der Waals surface area contributed by atoms with Gasteiger partial charge in [-0.25, -0.2) is 4.98 Å². The van der Waals surface area contributed by atoms with Crippen LogP contribution in [0.1, 0.15) is 13.8 Å². The van der Waals surface area contributed by atoms with Gasteiger partial charge in [-0.05, 0) is 13.8 Å². The number of aromatic amines is 1. The number of carbonyl (C=O) groups excluding carboxylic acids is 1. The highest BCUT2D eigenvalue weighted by Gasteiger charge is 2.11. The minimum Gasteiger partial charge on any atom is -0.506 e. The Hall–Kier alpha value is -1.54. The van der Waals surface area contributed by atoms with Crippen LogP contribution in [0.5, 0.6) is 5.75 Å². The topological polar surface area (TPSA) is 95.1 Å². The first-order valence-corrected chi connectivity index (χ1v) is 7.41. The van der Waals surface area contributed by atoms with Crippen LogP contribution in [0.4, 0.5) is 0 Å². The van der Waals surface area contributed by atoms with E-state index in [0.717, 1.165) is 6.07 Å². The number of carbonyl (C=O) groups is 1. The first-order valence-electron chi connectivity index (χ1n) is 5.60. The molecular weight excluding hydrogens is 286 g/mol. The summed E-state index contributed by atoms with van der Waals surface area (Å²) < 4.78 is 1.15. The number of H-pyrrole nitrogens is 1. The number of rotatable bonds is 4. The third kappa shape index (κ3) is 3.48. The number of fused-ring (bicyclic) bond motifs is 1. The minimum atomic E-state index is -0.399. The molecule has 0 fully saturated rings. The number of amides is 1. The molecule has 0 aliphatic heterocycles. The van der Waals surface area contributed by atoms with E-state index >= 15 is 0 Å².